The molecule has 0 heterocycles. The van der Waals surface area contributed by atoms with Gasteiger partial charge < -0.3 is 0 Å². The molecule has 0 saturated heterocycles. The van der Waals surface area contributed by atoms with Crippen LogP contribution in [0.2, 0.25) is 0 Å². The van der Waals surface area contributed by atoms with Crippen molar-refractivity contribution in [2.45, 2.75) is 0 Å². The second-order valence-electron chi connectivity index (χ2n) is 3.06. The number of carbonyl (C=O) groups is 1. The molecule has 2 aromatic carbocycles. The van der Waals surface area contributed by atoms with E-state index in [-0.39, 0.29) is 22.9 Å². The molecule has 0 fully saturated rings. The van der Waals surface area contributed by atoms with Gasteiger partial charge in [-0.1, -0.05) is 60.7 Å². The summed E-state index contributed by atoms with van der Waals surface area (Å²) >= 11 is 0. The summed E-state index contributed by atoms with van der Waals surface area (Å²) in [4.78, 5) is 11.8. The van der Waals surface area contributed by atoms with Crippen LogP contribution < -0.4 is 0 Å². The molecule has 0 spiro atoms. The molecule has 74 valence electrons. The van der Waals surface area contributed by atoms with Crippen LogP contribution in [0.25, 0.3) is 0 Å². The maximum atomic E-state index is 11.8. The number of ketones is 1. The van der Waals surface area contributed by atoms with Crippen molar-refractivity contribution in [2.75, 3.05) is 0 Å². The Morgan fingerprint density at radius 3 is 1.33 bits per heavy atom. The molecule has 15 heavy (non-hydrogen) atoms. The van der Waals surface area contributed by atoms with Gasteiger partial charge in [0.05, 0.1) is 0 Å². The predicted molar refractivity (Wildman–Crippen MR) is 62.1 cm³/mol. The zero-order chi connectivity index (χ0) is 9.80. The number of rotatable bonds is 2. The molecular weight excluding hydrogens is 251 g/mol. The summed E-state index contributed by atoms with van der Waals surface area (Å²) in [5.41, 5.74) is 1.47. The first-order chi connectivity index (χ1) is 6.88. The van der Waals surface area contributed by atoms with Crippen molar-refractivity contribution in [2.24, 2.45) is 0 Å². The molecule has 0 amide bonds. The molecule has 0 atom stereocenters. The fourth-order valence-electron chi connectivity index (χ4n) is 1.35. The summed E-state index contributed by atoms with van der Waals surface area (Å²) in [6.07, 6.45) is 0. The first-order valence-corrected chi connectivity index (χ1v) is 4.53. The summed E-state index contributed by atoms with van der Waals surface area (Å²) in [7, 11) is 0. The van der Waals surface area contributed by atoms with Gasteiger partial charge >= 0.3 is 0 Å². The fourth-order valence-corrected chi connectivity index (χ4v) is 1.35. The van der Waals surface area contributed by atoms with Crippen LogP contribution in [0, 0.1) is 0 Å². The molecule has 0 aliphatic rings. The van der Waals surface area contributed by atoms with Crippen LogP contribution in [-0.4, -0.2) is 22.9 Å². The van der Waals surface area contributed by atoms with Crippen LogP contribution in [0.15, 0.2) is 60.7 Å². The molecule has 2 radical (unpaired) electrons. The fraction of sp³-hybridized carbons (Fsp3) is 0. The van der Waals surface area contributed by atoms with Crippen molar-refractivity contribution >= 4 is 22.9 Å². The Kier molecular flexibility index (Phi) is 4.29. The Bertz CT molecular complexity index is 381. The van der Waals surface area contributed by atoms with Gasteiger partial charge in [-0.2, -0.15) is 0 Å². The van der Waals surface area contributed by atoms with Gasteiger partial charge in [-0.3, -0.25) is 4.79 Å². The third kappa shape index (κ3) is 2.79. The smallest absolute Gasteiger partial charge is 0.193 e. The standard InChI is InChI=1S/C13H10O.Se/c14-13(11-7-3-1-4-8-11)12-9-5-2-6-10-12;/h1-10H;. The van der Waals surface area contributed by atoms with Gasteiger partial charge in [0.15, 0.2) is 5.78 Å². The van der Waals surface area contributed by atoms with Crippen molar-refractivity contribution in [3.63, 3.8) is 0 Å². The third-order valence-corrected chi connectivity index (χ3v) is 2.07. The number of carbonyl (C=O) groups excluding carboxylic acids is 1. The summed E-state index contributed by atoms with van der Waals surface area (Å²) < 4.78 is 0. The van der Waals surface area contributed by atoms with E-state index in [0.717, 1.165) is 11.1 Å². The van der Waals surface area contributed by atoms with Crippen LogP contribution in [-0.2, 0) is 0 Å². The van der Waals surface area contributed by atoms with Gasteiger partial charge in [0.2, 0.25) is 0 Å². The van der Waals surface area contributed by atoms with Gasteiger partial charge in [0, 0.05) is 28.2 Å². The molecule has 0 saturated carbocycles. The molecule has 0 aliphatic heterocycles. The zero-order valence-corrected chi connectivity index (χ0v) is 9.80. The summed E-state index contributed by atoms with van der Waals surface area (Å²) in [5.74, 6) is 0.0752. The summed E-state index contributed by atoms with van der Waals surface area (Å²) in [5, 5.41) is 0. The average molecular weight is 261 g/mol. The largest absolute Gasteiger partial charge is 0.289 e. The predicted octanol–water partition coefficient (Wildman–Crippen LogP) is 2.54. The molecule has 0 aromatic heterocycles. The number of benzene rings is 2. The second-order valence-corrected chi connectivity index (χ2v) is 3.06. The maximum Gasteiger partial charge on any atom is 0.193 e. The van der Waals surface area contributed by atoms with Crippen molar-refractivity contribution < 1.29 is 4.79 Å². The molecule has 2 rings (SSSR count). The van der Waals surface area contributed by atoms with Crippen LogP contribution >= 0.6 is 0 Å². The van der Waals surface area contributed by atoms with Gasteiger partial charge in [0.1, 0.15) is 0 Å². The van der Waals surface area contributed by atoms with Gasteiger partial charge in [0.25, 0.3) is 0 Å². The molecule has 2 heteroatoms. The number of hydrogen-bond acceptors (Lipinski definition) is 1. The Morgan fingerprint density at radius 1 is 0.667 bits per heavy atom. The monoisotopic (exact) mass is 262 g/mol. The van der Waals surface area contributed by atoms with E-state index in [9.17, 15) is 4.79 Å². The second kappa shape index (κ2) is 5.50. The van der Waals surface area contributed by atoms with Crippen molar-refractivity contribution in [3.8, 4) is 0 Å². The Labute approximate surface area is 99.6 Å². The Hall–Kier alpha value is -1.37. The quantitative estimate of drug-likeness (QED) is 0.599. The minimum atomic E-state index is 0. The normalized spacial score (nSPS) is 9.07. The van der Waals surface area contributed by atoms with Gasteiger partial charge in [-0.15, -0.1) is 0 Å². The average Bonchev–Trinajstić information content (AvgIpc) is 2.30. The third-order valence-electron chi connectivity index (χ3n) is 2.07. The van der Waals surface area contributed by atoms with E-state index in [1.807, 2.05) is 60.7 Å². The van der Waals surface area contributed by atoms with E-state index in [4.69, 9.17) is 0 Å². The van der Waals surface area contributed by atoms with Gasteiger partial charge in [-0.05, 0) is 0 Å². The van der Waals surface area contributed by atoms with Crippen LogP contribution in [0.5, 0.6) is 0 Å². The maximum absolute atomic E-state index is 11.8. The summed E-state index contributed by atoms with van der Waals surface area (Å²) in [6, 6.07) is 18.6. The first-order valence-electron chi connectivity index (χ1n) is 4.53. The molecule has 0 N–H and O–H groups in total. The molecule has 0 aliphatic carbocycles. The van der Waals surface area contributed by atoms with Gasteiger partial charge in [-0.25, -0.2) is 0 Å². The first kappa shape index (κ1) is 11.7. The molecule has 2 aromatic rings. The van der Waals surface area contributed by atoms with Crippen molar-refractivity contribution in [1.29, 1.82) is 0 Å². The SMILES string of the molecule is O=C(c1ccccc1)c1ccccc1.[Se]. The van der Waals surface area contributed by atoms with Crippen LogP contribution in [0.4, 0.5) is 0 Å². The van der Waals surface area contributed by atoms with E-state index in [1.54, 1.807) is 0 Å². The van der Waals surface area contributed by atoms with E-state index in [2.05, 4.69) is 0 Å². The van der Waals surface area contributed by atoms with Crippen LogP contribution in [0.3, 0.4) is 0 Å². The summed E-state index contributed by atoms with van der Waals surface area (Å²) in [6.45, 7) is 0. The van der Waals surface area contributed by atoms with Crippen molar-refractivity contribution in [1.82, 2.24) is 0 Å². The minimum absolute atomic E-state index is 0. The molecule has 0 bridgehead atoms. The van der Waals surface area contributed by atoms with E-state index < -0.39 is 0 Å². The van der Waals surface area contributed by atoms with E-state index >= 15 is 0 Å². The minimum Gasteiger partial charge on any atom is -0.289 e. The Morgan fingerprint density at radius 2 is 1.00 bits per heavy atom. The number of hydrogen-bond donors (Lipinski definition) is 0. The zero-order valence-electron chi connectivity index (χ0n) is 8.09. The molecule has 0 unspecified atom stereocenters. The van der Waals surface area contributed by atoms with Crippen LogP contribution in [0.1, 0.15) is 15.9 Å². The molecular formula is C13H10OSe. The Balaban J connectivity index is 0.00000112. The van der Waals surface area contributed by atoms with E-state index in [1.165, 1.54) is 0 Å². The topological polar surface area (TPSA) is 17.1 Å². The molecule has 1 nitrogen and oxygen atoms in total. The van der Waals surface area contributed by atoms with Crippen molar-refractivity contribution in [3.05, 3.63) is 71.8 Å². The van der Waals surface area contributed by atoms with E-state index in [0.29, 0.717) is 0 Å².